The fourth-order valence-electron chi connectivity index (χ4n) is 2.07. The lowest BCUT2D eigenvalue weighted by Crippen LogP contribution is -2.22. The van der Waals surface area contributed by atoms with Crippen LogP contribution in [-0.4, -0.2) is 24.2 Å². The minimum Gasteiger partial charge on any atom is -0.493 e. The lowest BCUT2D eigenvalue weighted by atomic mass is 9.95. The number of rotatable bonds is 5. The lowest BCUT2D eigenvalue weighted by Gasteiger charge is -2.25. The minimum absolute atomic E-state index is 0.343. The van der Waals surface area contributed by atoms with Crippen LogP contribution in [0.4, 0.5) is 0 Å². The zero-order valence-corrected chi connectivity index (χ0v) is 11.2. The van der Waals surface area contributed by atoms with Gasteiger partial charge in [0.2, 0.25) is 0 Å². The molecule has 2 atom stereocenters. The summed E-state index contributed by atoms with van der Waals surface area (Å²) in [6.07, 6.45) is 2.20. The average molecular weight is 251 g/mol. The molecule has 0 amide bonds. The van der Waals surface area contributed by atoms with E-state index in [4.69, 9.17) is 10.5 Å². The van der Waals surface area contributed by atoms with E-state index in [1.807, 2.05) is 17.8 Å². The van der Waals surface area contributed by atoms with Crippen molar-refractivity contribution in [1.29, 1.82) is 0 Å². The minimum atomic E-state index is 0.343. The van der Waals surface area contributed by atoms with E-state index in [0.717, 1.165) is 36.7 Å². The summed E-state index contributed by atoms with van der Waals surface area (Å²) in [5, 5.41) is 0. The SMILES string of the molecule is CCC(N)CSCC1CCOc2ccccc21. The molecule has 0 radical (unpaired) electrons. The van der Waals surface area contributed by atoms with Crippen LogP contribution in [0.15, 0.2) is 24.3 Å². The van der Waals surface area contributed by atoms with Gasteiger partial charge in [0.25, 0.3) is 0 Å². The fraction of sp³-hybridized carbons (Fsp3) is 0.571. The van der Waals surface area contributed by atoms with Gasteiger partial charge < -0.3 is 10.5 Å². The van der Waals surface area contributed by atoms with Gasteiger partial charge in [-0.1, -0.05) is 25.1 Å². The Morgan fingerprint density at radius 2 is 2.29 bits per heavy atom. The molecule has 0 aromatic heterocycles. The van der Waals surface area contributed by atoms with E-state index in [0.29, 0.717) is 12.0 Å². The first-order valence-electron chi connectivity index (χ1n) is 6.36. The molecule has 2 nitrogen and oxygen atoms in total. The van der Waals surface area contributed by atoms with Crippen molar-refractivity contribution >= 4 is 11.8 Å². The summed E-state index contributed by atoms with van der Waals surface area (Å²) in [4.78, 5) is 0. The Balaban J connectivity index is 1.90. The molecule has 1 aromatic carbocycles. The van der Waals surface area contributed by atoms with Crippen molar-refractivity contribution in [3.05, 3.63) is 29.8 Å². The number of benzene rings is 1. The number of nitrogens with two attached hydrogens (primary N) is 1. The van der Waals surface area contributed by atoms with Gasteiger partial charge in [-0.3, -0.25) is 0 Å². The van der Waals surface area contributed by atoms with Gasteiger partial charge in [-0.05, 0) is 30.4 Å². The molecule has 1 aromatic rings. The molecule has 2 rings (SSSR count). The zero-order valence-electron chi connectivity index (χ0n) is 10.4. The van der Waals surface area contributed by atoms with Gasteiger partial charge in [-0.15, -0.1) is 0 Å². The van der Waals surface area contributed by atoms with Gasteiger partial charge in [0.15, 0.2) is 0 Å². The first kappa shape index (κ1) is 12.8. The van der Waals surface area contributed by atoms with Crippen molar-refractivity contribution in [2.24, 2.45) is 5.73 Å². The van der Waals surface area contributed by atoms with Crippen LogP contribution in [0.2, 0.25) is 0 Å². The highest BCUT2D eigenvalue weighted by Gasteiger charge is 2.20. The molecule has 1 heterocycles. The smallest absolute Gasteiger partial charge is 0.122 e. The van der Waals surface area contributed by atoms with Crippen LogP contribution in [-0.2, 0) is 0 Å². The van der Waals surface area contributed by atoms with E-state index in [1.54, 1.807) is 0 Å². The van der Waals surface area contributed by atoms with Crippen molar-refractivity contribution in [1.82, 2.24) is 0 Å². The second-order valence-electron chi connectivity index (χ2n) is 4.58. The van der Waals surface area contributed by atoms with Gasteiger partial charge >= 0.3 is 0 Å². The third-order valence-electron chi connectivity index (χ3n) is 3.26. The Morgan fingerprint density at radius 1 is 1.47 bits per heavy atom. The highest BCUT2D eigenvalue weighted by atomic mass is 32.2. The number of hydrogen-bond donors (Lipinski definition) is 1. The summed E-state index contributed by atoms with van der Waals surface area (Å²) < 4.78 is 5.67. The summed E-state index contributed by atoms with van der Waals surface area (Å²) in [6.45, 7) is 3.00. The molecular formula is C14H21NOS. The Kier molecular flexibility index (Phi) is 4.75. The molecule has 0 bridgehead atoms. The van der Waals surface area contributed by atoms with E-state index >= 15 is 0 Å². The van der Waals surface area contributed by atoms with Crippen molar-refractivity contribution in [3.63, 3.8) is 0 Å². The van der Waals surface area contributed by atoms with Gasteiger partial charge in [-0.25, -0.2) is 0 Å². The molecule has 0 saturated carbocycles. The Hall–Kier alpha value is -0.670. The van der Waals surface area contributed by atoms with Crippen molar-refractivity contribution in [2.75, 3.05) is 18.1 Å². The molecule has 2 N–H and O–H groups in total. The van der Waals surface area contributed by atoms with Crippen LogP contribution in [0, 0.1) is 0 Å². The number of para-hydroxylation sites is 1. The summed E-state index contributed by atoms with van der Waals surface area (Å²) in [6, 6.07) is 8.75. The molecular weight excluding hydrogens is 230 g/mol. The van der Waals surface area contributed by atoms with Crippen molar-refractivity contribution in [3.8, 4) is 5.75 Å². The predicted octanol–water partition coefficient (Wildman–Crippen LogP) is 3.02. The summed E-state index contributed by atoms with van der Waals surface area (Å²) in [7, 11) is 0. The number of hydrogen-bond acceptors (Lipinski definition) is 3. The predicted molar refractivity (Wildman–Crippen MR) is 74.9 cm³/mol. The van der Waals surface area contributed by atoms with E-state index in [2.05, 4.69) is 25.1 Å². The highest BCUT2D eigenvalue weighted by molar-refractivity contribution is 7.99. The zero-order chi connectivity index (χ0) is 12.1. The third kappa shape index (κ3) is 3.39. The van der Waals surface area contributed by atoms with Gasteiger partial charge in [-0.2, -0.15) is 11.8 Å². The molecule has 0 fully saturated rings. The van der Waals surface area contributed by atoms with Crippen LogP contribution < -0.4 is 10.5 Å². The van der Waals surface area contributed by atoms with Crippen LogP contribution >= 0.6 is 11.8 Å². The van der Waals surface area contributed by atoms with E-state index in [1.165, 1.54) is 5.56 Å². The first-order chi connectivity index (χ1) is 8.31. The molecule has 94 valence electrons. The molecule has 17 heavy (non-hydrogen) atoms. The fourth-order valence-corrected chi connectivity index (χ4v) is 3.37. The monoisotopic (exact) mass is 251 g/mol. The maximum Gasteiger partial charge on any atom is 0.122 e. The standard InChI is InChI=1S/C14H21NOS/c1-2-12(15)10-17-9-11-7-8-16-14-6-4-3-5-13(11)14/h3-6,11-12H,2,7-10,15H2,1H3. The first-order valence-corrected chi connectivity index (χ1v) is 7.51. The summed E-state index contributed by atoms with van der Waals surface area (Å²) in [5.74, 6) is 3.93. The molecule has 0 aliphatic carbocycles. The molecule has 1 aliphatic heterocycles. The number of ether oxygens (including phenoxy) is 1. The highest BCUT2D eigenvalue weighted by Crippen LogP contribution is 2.35. The maximum absolute atomic E-state index is 5.94. The van der Waals surface area contributed by atoms with Crippen molar-refractivity contribution < 1.29 is 4.74 Å². The van der Waals surface area contributed by atoms with Crippen LogP contribution in [0.3, 0.4) is 0 Å². The largest absolute Gasteiger partial charge is 0.493 e. The van der Waals surface area contributed by atoms with Gasteiger partial charge in [0.05, 0.1) is 6.61 Å². The molecule has 0 spiro atoms. The second-order valence-corrected chi connectivity index (χ2v) is 5.65. The van der Waals surface area contributed by atoms with E-state index in [9.17, 15) is 0 Å². The van der Waals surface area contributed by atoms with Crippen molar-refractivity contribution in [2.45, 2.75) is 31.7 Å². The normalized spacial score (nSPS) is 20.5. The Morgan fingerprint density at radius 3 is 3.12 bits per heavy atom. The number of thioether (sulfide) groups is 1. The summed E-state index contributed by atoms with van der Waals surface area (Å²) in [5.41, 5.74) is 7.31. The van der Waals surface area contributed by atoms with Gasteiger partial charge in [0.1, 0.15) is 5.75 Å². The maximum atomic E-state index is 5.94. The van der Waals surface area contributed by atoms with Crippen LogP contribution in [0.5, 0.6) is 5.75 Å². The number of fused-ring (bicyclic) bond motifs is 1. The molecule has 1 aliphatic rings. The quantitative estimate of drug-likeness (QED) is 0.873. The van der Waals surface area contributed by atoms with Crippen LogP contribution in [0.25, 0.3) is 0 Å². The second kappa shape index (κ2) is 6.31. The molecule has 0 saturated heterocycles. The molecule has 3 heteroatoms. The average Bonchev–Trinajstić information content (AvgIpc) is 2.39. The van der Waals surface area contributed by atoms with E-state index < -0.39 is 0 Å². The lowest BCUT2D eigenvalue weighted by molar-refractivity contribution is 0.273. The van der Waals surface area contributed by atoms with Crippen LogP contribution in [0.1, 0.15) is 31.2 Å². The topological polar surface area (TPSA) is 35.2 Å². The summed E-state index contributed by atoms with van der Waals surface area (Å²) >= 11 is 1.98. The Bertz CT molecular complexity index is 356. The third-order valence-corrected chi connectivity index (χ3v) is 4.56. The Labute approximate surface area is 108 Å². The van der Waals surface area contributed by atoms with E-state index in [-0.39, 0.29) is 0 Å². The molecule has 2 unspecified atom stereocenters. The van der Waals surface area contributed by atoms with Gasteiger partial charge in [0, 0.05) is 17.5 Å².